The maximum Gasteiger partial charge on any atom is 0.0464 e. The van der Waals surface area contributed by atoms with E-state index in [1.165, 1.54) is 50.2 Å². The van der Waals surface area contributed by atoms with Crippen LogP contribution in [0.3, 0.4) is 0 Å². The Bertz CT molecular complexity index is 2460. The Labute approximate surface area is 330 Å². The lowest BCUT2D eigenvalue weighted by molar-refractivity contribution is 0.940. The number of hydrogen-bond acceptors (Lipinski definition) is 2. The lowest BCUT2D eigenvalue weighted by Crippen LogP contribution is -2.13. The zero-order valence-electron chi connectivity index (χ0n) is 31.2. The molecule has 1 aliphatic carbocycles. The summed E-state index contributed by atoms with van der Waals surface area (Å²) in [7, 11) is 0. The highest BCUT2D eigenvalue weighted by atomic mass is 15.1. The minimum Gasteiger partial charge on any atom is -0.310 e. The molecule has 0 bridgehead atoms. The van der Waals surface area contributed by atoms with Gasteiger partial charge in [0.15, 0.2) is 0 Å². The smallest absolute Gasteiger partial charge is 0.0464 e. The van der Waals surface area contributed by atoms with Gasteiger partial charge >= 0.3 is 0 Å². The molecule has 0 atom stereocenters. The summed E-state index contributed by atoms with van der Waals surface area (Å²) in [6.45, 7) is 0. The largest absolute Gasteiger partial charge is 0.310 e. The molecule has 0 unspecified atom stereocenters. The molecule has 1 aliphatic rings. The van der Waals surface area contributed by atoms with Crippen molar-refractivity contribution in [3.8, 4) is 11.1 Å². The van der Waals surface area contributed by atoms with Crippen molar-refractivity contribution in [2.75, 3.05) is 9.80 Å². The maximum atomic E-state index is 2.40. The van der Waals surface area contributed by atoms with Crippen molar-refractivity contribution in [2.24, 2.45) is 0 Å². The monoisotopic (exact) mass is 718 g/mol. The standard InChI is InChI=1S/C54H42N2/c1-5-13-41(14-6-1)21-23-43-25-31-49(32-26-43)56(50-33-27-44(28-34-50)24-22-42-15-7-2-8-16-42)52-36-38-54-46(40-52)30-29-45-39-51(35-37-53(45)54)55(47-17-9-3-10-18-47)48-19-11-4-12-20-48/h1-28,31-40H,29-30H2/b23-21+,24-22+. The molecule has 0 aromatic heterocycles. The Kier molecular flexibility index (Phi) is 9.92. The first-order valence-electron chi connectivity index (χ1n) is 19.4. The Balaban J connectivity index is 1.05. The molecule has 0 spiro atoms. The number of benzene rings is 8. The Morgan fingerprint density at radius 2 is 0.554 bits per heavy atom. The molecule has 268 valence electrons. The minimum absolute atomic E-state index is 0.983. The maximum absolute atomic E-state index is 2.40. The van der Waals surface area contributed by atoms with Crippen molar-refractivity contribution in [2.45, 2.75) is 12.8 Å². The van der Waals surface area contributed by atoms with E-state index in [-0.39, 0.29) is 0 Å². The van der Waals surface area contributed by atoms with Gasteiger partial charge in [-0.2, -0.15) is 0 Å². The van der Waals surface area contributed by atoms with Gasteiger partial charge in [0.2, 0.25) is 0 Å². The molecule has 0 fully saturated rings. The second-order valence-electron chi connectivity index (χ2n) is 14.2. The lowest BCUT2D eigenvalue weighted by atomic mass is 9.85. The average Bonchev–Trinajstić information content (AvgIpc) is 3.27. The topological polar surface area (TPSA) is 6.48 Å². The molecule has 56 heavy (non-hydrogen) atoms. The molecule has 2 nitrogen and oxygen atoms in total. The predicted octanol–water partition coefficient (Wildman–Crippen LogP) is 14.7. The summed E-state index contributed by atoms with van der Waals surface area (Å²) in [5.74, 6) is 0. The number of nitrogens with zero attached hydrogens (tertiary/aromatic N) is 2. The minimum atomic E-state index is 0.983. The number of rotatable bonds is 10. The molecular formula is C54H42N2. The number of fused-ring (bicyclic) bond motifs is 3. The van der Waals surface area contributed by atoms with Crippen LogP contribution in [-0.2, 0) is 12.8 Å². The van der Waals surface area contributed by atoms with E-state index >= 15 is 0 Å². The van der Waals surface area contributed by atoms with Gasteiger partial charge in [0.05, 0.1) is 0 Å². The van der Waals surface area contributed by atoms with E-state index in [2.05, 4.69) is 240 Å². The summed E-state index contributed by atoms with van der Waals surface area (Å²) in [6, 6.07) is 74.0. The first kappa shape index (κ1) is 34.6. The van der Waals surface area contributed by atoms with Crippen molar-refractivity contribution >= 4 is 58.4 Å². The molecule has 0 heterocycles. The molecule has 0 amide bonds. The van der Waals surface area contributed by atoms with Gasteiger partial charge < -0.3 is 9.80 Å². The summed E-state index contributed by atoms with van der Waals surface area (Å²) in [6.07, 6.45) is 10.7. The van der Waals surface area contributed by atoms with Crippen molar-refractivity contribution in [3.63, 3.8) is 0 Å². The molecular weight excluding hydrogens is 677 g/mol. The van der Waals surface area contributed by atoms with Gasteiger partial charge in [-0.05, 0) is 130 Å². The zero-order chi connectivity index (χ0) is 37.5. The van der Waals surface area contributed by atoms with Crippen LogP contribution in [0.1, 0.15) is 33.4 Å². The summed E-state index contributed by atoms with van der Waals surface area (Å²) >= 11 is 0. The van der Waals surface area contributed by atoms with E-state index < -0.39 is 0 Å². The summed E-state index contributed by atoms with van der Waals surface area (Å²) < 4.78 is 0. The van der Waals surface area contributed by atoms with Crippen LogP contribution in [0, 0.1) is 0 Å². The third-order valence-electron chi connectivity index (χ3n) is 10.5. The summed E-state index contributed by atoms with van der Waals surface area (Å²) in [4.78, 5) is 4.73. The van der Waals surface area contributed by atoms with E-state index in [1.807, 2.05) is 0 Å². The fourth-order valence-electron chi connectivity index (χ4n) is 7.68. The molecule has 8 aromatic carbocycles. The average molecular weight is 719 g/mol. The van der Waals surface area contributed by atoms with E-state index in [0.29, 0.717) is 0 Å². The zero-order valence-corrected chi connectivity index (χ0v) is 31.2. The molecule has 2 heteroatoms. The van der Waals surface area contributed by atoms with Crippen LogP contribution in [-0.4, -0.2) is 0 Å². The van der Waals surface area contributed by atoms with Crippen LogP contribution >= 0.6 is 0 Å². The van der Waals surface area contributed by atoms with Gasteiger partial charge in [-0.3, -0.25) is 0 Å². The molecule has 8 aromatic rings. The highest BCUT2D eigenvalue weighted by Gasteiger charge is 2.21. The van der Waals surface area contributed by atoms with Crippen LogP contribution < -0.4 is 9.80 Å². The second-order valence-corrected chi connectivity index (χ2v) is 14.2. The van der Waals surface area contributed by atoms with Gasteiger partial charge in [0.1, 0.15) is 0 Å². The van der Waals surface area contributed by atoms with Gasteiger partial charge in [-0.1, -0.05) is 158 Å². The van der Waals surface area contributed by atoms with E-state index in [1.54, 1.807) is 0 Å². The number of hydrogen-bond donors (Lipinski definition) is 0. The van der Waals surface area contributed by atoms with Crippen molar-refractivity contribution in [3.05, 3.63) is 240 Å². The van der Waals surface area contributed by atoms with Gasteiger partial charge in [-0.15, -0.1) is 0 Å². The molecule has 0 saturated heterocycles. The van der Waals surface area contributed by atoms with Gasteiger partial charge in [0.25, 0.3) is 0 Å². The second kappa shape index (κ2) is 16.1. The van der Waals surface area contributed by atoms with Crippen molar-refractivity contribution in [1.29, 1.82) is 0 Å². The molecule has 0 N–H and O–H groups in total. The third-order valence-corrected chi connectivity index (χ3v) is 10.5. The SMILES string of the molecule is C(=C\c1ccc(N(c2ccc(/C=C/c3ccccc3)cc2)c2ccc3c(c2)CCc2cc(N(c4ccccc4)c4ccccc4)ccc2-3)cc1)/c1ccccc1. The number of aryl methyl sites for hydroxylation is 2. The molecule has 0 saturated carbocycles. The third kappa shape index (κ3) is 7.59. The first-order valence-corrected chi connectivity index (χ1v) is 19.4. The fourth-order valence-corrected chi connectivity index (χ4v) is 7.68. The van der Waals surface area contributed by atoms with Crippen LogP contribution in [0.5, 0.6) is 0 Å². The van der Waals surface area contributed by atoms with Gasteiger partial charge in [0, 0.05) is 34.1 Å². The van der Waals surface area contributed by atoms with E-state index in [4.69, 9.17) is 0 Å². The van der Waals surface area contributed by atoms with E-state index in [9.17, 15) is 0 Å². The highest BCUT2D eigenvalue weighted by Crippen LogP contribution is 2.43. The van der Waals surface area contributed by atoms with Gasteiger partial charge in [-0.25, -0.2) is 0 Å². The Morgan fingerprint density at radius 1 is 0.268 bits per heavy atom. The number of para-hydroxylation sites is 2. The quantitative estimate of drug-likeness (QED) is 0.130. The highest BCUT2D eigenvalue weighted by molar-refractivity contribution is 5.85. The Morgan fingerprint density at radius 3 is 0.911 bits per heavy atom. The van der Waals surface area contributed by atoms with Crippen LogP contribution in [0.2, 0.25) is 0 Å². The molecule has 0 aliphatic heterocycles. The van der Waals surface area contributed by atoms with Crippen molar-refractivity contribution in [1.82, 2.24) is 0 Å². The number of anilines is 6. The Hall–Kier alpha value is -7.16. The van der Waals surface area contributed by atoms with Crippen LogP contribution in [0.4, 0.5) is 34.1 Å². The van der Waals surface area contributed by atoms with Crippen LogP contribution in [0.25, 0.3) is 35.4 Å². The summed E-state index contributed by atoms with van der Waals surface area (Å²) in [5.41, 5.74) is 17.0. The predicted molar refractivity (Wildman–Crippen MR) is 239 cm³/mol. The molecule has 9 rings (SSSR count). The fraction of sp³-hybridized carbons (Fsp3) is 0.0370. The van der Waals surface area contributed by atoms with Crippen molar-refractivity contribution < 1.29 is 0 Å². The van der Waals surface area contributed by atoms with E-state index in [0.717, 1.165) is 41.3 Å². The normalized spacial score (nSPS) is 12.0. The molecule has 0 radical (unpaired) electrons. The first-order chi connectivity index (χ1) is 27.7. The van der Waals surface area contributed by atoms with Crippen LogP contribution in [0.15, 0.2) is 206 Å². The lowest BCUT2D eigenvalue weighted by Gasteiger charge is -2.29. The summed E-state index contributed by atoms with van der Waals surface area (Å²) in [5, 5.41) is 0.